The van der Waals surface area contributed by atoms with Gasteiger partial charge in [0.25, 0.3) is 0 Å². The fourth-order valence-electron chi connectivity index (χ4n) is 2.35. The molecule has 4 heteroatoms. The second-order valence-electron chi connectivity index (χ2n) is 5.02. The summed E-state index contributed by atoms with van der Waals surface area (Å²) in [5, 5.41) is 9.97. The molecule has 0 saturated carbocycles. The molecular formula is C17H19N3S. The quantitative estimate of drug-likeness (QED) is 0.723. The molecule has 0 fully saturated rings. The van der Waals surface area contributed by atoms with Gasteiger partial charge in [-0.2, -0.15) is 5.10 Å². The molecule has 0 aliphatic carbocycles. The first-order valence-electron chi connectivity index (χ1n) is 7.21. The van der Waals surface area contributed by atoms with E-state index in [9.17, 15) is 0 Å². The van der Waals surface area contributed by atoms with Crippen molar-refractivity contribution in [3.8, 4) is 0 Å². The maximum absolute atomic E-state index is 4.23. The number of rotatable bonds is 6. The van der Waals surface area contributed by atoms with Gasteiger partial charge in [-0.15, -0.1) is 11.3 Å². The number of nitrogens with one attached hydrogen (secondary N) is 1. The van der Waals surface area contributed by atoms with Gasteiger partial charge in [0.2, 0.25) is 0 Å². The number of benzene rings is 1. The molecule has 3 nitrogen and oxygen atoms in total. The molecule has 21 heavy (non-hydrogen) atoms. The van der Waals surface area contributed by atoms with E-state index in [2.05, 4.69) is 59.1 Å². The summed E-state index contributed by atoms with van der Waals surface area (Å²) in [6.45, 7) is 3.03. The van der Waals surface area contributed by atoms with Crippen LogP contribution >= 0.6 is 11.3 Å². The van der Waals surface area contributed by atoms with Crippen molar-refractivity contribution in [3.05, 3.63) is 70.7 Å². The van der Waals surface area contributed by atoms with Crippen molar-refractivity contribution in [3.63, 3.8) is 0 Å². The molecule has 0 amide bonds. The van der Waals surface area contributed by atoms with E-state index >= 15 is 0 Å². The van der Waals surface area contributed by atoms with Crippen LogP contribution in [0.4, 0.5) is 5.69 Å². The number of nitrogens with zero attached hydrogens (tertiary/aromatic N) is 2. The Morgan fingerprint density at radius 1 is 1.19 bits per heavy atom. The van der Waals surface area contributed by atoms with E-state index in [1.807, 2.05) is 23.1 Å². The van der Waals surface area contributed by atoms with Crippen LogP contribution in [0.25, 0.3) is 0 Å². The minimum Gasteiger partial charge on any atom is -0.377 e. The zero-order valence-electron chi connectivity index (χ0n) is 12.1. The maximum atomic E-state index is 4.23. The summed E-state index contributed by atoms with van der Waals surface area (Å²) in [4.78, 5) is 1.39. The highest BCUT2D eigenvalue weighted by Gasteiger charge is 2.09. The van der Waals surface area contributed by atoms with E-state index in [1.165, 1.54) is 16.1 Å². The third kappa shape index (κ3) is 3.52. The zero-order valence-corrected chi connectivity index (χ0v) is 12.9. The van der Waals surface area contributed by atoms with Gasteiger partial charge in [0, 0.05) is 23.0 Å². The van der Waals surface area contributed by atoms with E-state index in [0.717, 1.165) is 13.0 Å². The van der Waals surface area contributed by atoms with Crippen molar-refractivity contribution in [2.75, 3.05) is 5.32 Å². The van der Waals surface area contributed by atoms with Gasteiger partial charge in [-0.05, 0) is 41.6 Å². The number of aromatic nitrogens is 2. The van der Waals surface area contributed by atoms with Crippen LogP contribution < -0.4 is 5.32 Å². The molecule has 0 saturated heterocycles. The predicted molar refractivity (Wildman–Crippen MR) is 88.7 cm³/mol. The van der Waals surface area contributed by atoms with Crippen molar-refractivity contribution in [2.45, 2.75) is 25.9 Å². The molecule has 1 unspecified atom stereocenters. The van der Waals surface area contributed by atoms with Crippen LogP contribution in [0.1, 0.15) is 29.8 Å². The smallest absolute Gasteiger partial charge is 0.0659 e. The lowest BCUT2D eigenvalue weighted by molar-refractivity contribution is 0.687. The molecular weight excluding hydrogens is 278 g/mol. The second kappa shape index (κ2) is 6.59. The molecule has 0 bridgehead atoms. The van der Waals surface area contributed by atoms with Crippen LogP contribution in [0, 0.1) is 0 Å². The van der Waals surface area contributed by atoms with Crippen LogP contribution in [-0.2, 0) is 6.54 Å². The maximum Gasteiger partial charge on any atom is 0.0659 e. The summed E-state index contributed by atoms with van der Waals surface area (Å²) in [7, 11) is 0. The molecule has 3 aromatic rings. The molecule has 0 aliphatic rings. The van der Waals surface area contributed by atoms with E-state index in [0.29, 0.717) is 6.04 Å². The lowest BCUT2D eigenvalue weighted by Crippen LogP contribution is -2.08. The molecule has 1 atom stereocenters. The Bertz CT molecular complexity index is 642. The van der Waals surface area contributed by atoms with Crippen LogP contribution in [0.15, 0.2) is 60.2 Å². The summed E-state index contributed by atoms with van der Waals surface area (Å²) in [6, 6.07) is 15.3. The molecule has 1 N–H and O–H groups in total. The van der Waals surface area contributed by atoms with Gasteiger partial charge in [0.15, 0.2) is 0 Å². The van der Waals surface area contributed by atoms with Crippen molar-refractivity contribution in [1.82, 2.24) is 9.78 Å². The molecule has 2 aromatic heterocycles. The first-order valence-corrected chi connectivity index (χ1v) is 8.09. The molecule has 0 spiro atoms. The molecule has 2 heterocycles. The number of thiophene rings is 1. The summed E-state index contributed by atoms with van der Waals surface area (Å²) >= 11 is 1.81. The Morgan fingerprint density at radius 2 is 2.05 bits per heavy atom. The highest BCUT2D eigenvalue weighted by molar-refractivity contribution is 7.10. The number of hydrogen-bond donors (Lipinski definition) is 1. The summed E-state index contributed by atoms with van der Waals surface area (Å²) in [5.41, 5.74) is 2.42. The fourth-order valence-corrected chi connectivity index (χ4v) is 3.21. The third-order valence-electron chi connectivity index (χ3n) is 3.49. The summed E-state index contributed by atoms with van der Waals surface area (Å²) in [5.74, 6) is 0. The Morgan fingerprint density at radius 3 is 2.67 bits per heavy atom. The first-order chi connectivity index (χ1) is 10.3. The van der Waals surface area contributed by atoms with Crippen molar-refractivity contribution < 1.29 is 0 Å². The van der Waals surface area contributed by atoms with Gasteiger partial charge in [0.05, 0.1) is 12.6 Å². The van der Waals surface area contributed by atoms with Crippen LogP contribution in [-0.4, -0.2) is 9.78 Å². The first kappa shape index (κ1) is 13.9. The molecule has 108 valence electrons. The fraction of sp³-hybridized carbons (Fsp3) is 0.235. The normalized spacial score (nSPS) is 12.2. The monoisotopic (exact) mass is 297 g/mol. The van der Waals surface area contributed by atoms with Crippen LogP contribution in [0.2, 0.25) is 0 Å². The number of hydrogen-bond acceptors (Lipinski definition) is 3. The lowest BCUT2D eigenvalue weighted by atomic mass is 10.1. The minimum atomic E-state index is 0.391. The van der Waals surface area contributed by atoms with Gasteiger partial charge < -0.3 is 5.32 Å². The molecule has 0 radical (unpaired) electrons. The summed E-state index contributed by atoms with van der Waals surface area (Å²) in [6.07, 6.45) is 4.87. The molecule has 3 rings (SSSR count). The largest absolute Gasteiger partial charge is 0.377 e. The highest BCUT2D eigenvalue weighted by atomic mass is 32.1. The standard InChI is InChI=1S/C17H19N3S/c1-2-16(17-5-3-12-21-17)19-15-8-6-14(7-9-15)13-20-11-4-10-18-20/h3-12,16,19H,2,13H2,1H3. The molecule has 1 aromatic carbocycles. The van der Waals surface area contributed by atoms with Crippen molar-refractivity contribution in [2.24, 2.45) is 0 Å². The summed E-state index contributed by atoms with van der Waals surface area (Å²) < 4.78 is 1.93. The SMILES string of the molecule is CCC(Nc1ccc(Cn2cccn2)cc1)c1cccs1. The van der Waals surface area contributed by atoms with Gasteiger partial charge >= 0.3 is 0 Å². The number of anilines is 1. The third-order valence-corrected chi connectivity index (χ3v) is 4.48. The second-order valence-corrected chi connectivity index (χ2v) is 6.00. The van der Waals surface area contributed by atoms with Crippen LogP contribution in [0.5, 0.6) is 0 Å². The minimum absolute atomic E-state index is 0.391. The van der Waals surface area contributed by atoms with Gasteiger partial charge in [-0.25, -0.2) is 0 Å². The average molecular weight is 297 g/mol. The topological polar surface area (TPSA) is 29.9 Å². The van der Waals surface area contributed by atoms with E-state index in [-0.39, 0.29) is 0 Å². The van der Waals surface area contributed by atoms with E-state index in [1.54, 1.807) is 11.3 Å². The van der Waals surface area contributed by atoms with Crippen LogP contribution in [0.3, 0.4) is 0 Å². The Kier molecular flexibility index (Phi) is 4.36. The lowest BCUT2D eigenvalue weighted by Gasteiger charge is -2.17. The van der Waals surface area contributed by atoms with Gasteiger partial charge in [-0.3, -0.25) is 4.68 Å². The van der Waals surface area contributed by atoms with E-state index in [4.69, 9.17) is 0 Å². The average Bonchev–Trinajstić information content (AvgIpc) is 3.20. The predicted octanol–water partition coefficient (Wildman–Crippen LogP) is 4.56. The van der Waals surface area contributed by atoms with Gasteiger partial charge in [-0.1, -0.05) is 25.1 Å². The Labute approximate surface area is 129 Å². The highest BCUT2D eigenvalue weighted by Crippen LogP contribution is 2.26. The molecule has 0 aliphatic heterocycles. The van der Waals surface area contributed by atoms with E-state index < -0.39 is 0 Å². The Hall–Kier alpha value is -2.07. The zero-order chi connectivity index (χ0) is 14.5. The van der Waals surface area contributed by atoms with Gasteiger partial charge in [0.1, 0.15) is 0 Å². The van der Waals surface area contributed by atoms with Crippen molar-refractivity contribution >= 4 is 17.0 Å². The van der Waals surface area contributed by atoms with Crippen molar-refractivity contribution in [1.29, 1.82) is 0 Å². The Balaban J connectivity index is 1.66.